The van der Waals surface area contributed by atoms with Crippen molar-refractivity contribution in [3.05, 3.63) is 88.9 Å². The van der Waals surface area contributed by atoms with Crippen molar-refractivity contribution < 1.29 is 14.3 Å². The Labute approximate surface area is 206 Å². The standard InChI is InChI=1S/C27H30ClN3O3/c1-21-5-2-3-8-26(21)29-27(32)31(14-13-30-15-17-33-18-16-30)20-22-6-4-7-25(19-22)34-24-11-9-23(28)10-12-24/h2-12,19H,13-18,20H2,1H3,(H,29,32). The number of aryl methyl sites for hydroxylation is 1. The van der Waals surface area contributed by atoms with Gasteiger partial charge in [-0.2, -0.15) is 0 Å². The summed E-state index contributed by atoms with van der Waals surface area (Å²) in [5.74, 6) is 1.43. The van der Waals surface area contributed by atoms with Gasteiger partial charge in [0.05, 0.1) is 13.2 Å². The number of anilines is 1. The Balaban J connectivity index is 1.46. The smallest absolute Gasteiger partial charge is 0.322 e. The van der Waals surface area contributed by atoms with Crippen molar-refractivity contribution in [2.24, 2.45) is 0 Å². The third-order valence-electron chi connectivity index (χ3n) is 5.78. The molecule has 1 saturated heterocycles. The molecule has 0 unspecified atom stereocenters. The van der Waals surface area contributed by atoms with Gasteiger partial charge in [-0.3, -0.25) is 4.90 Å². The van der Waals surface area contributed by atoms with Crippen molar-refractivity contribution in [3.63, 3.8) is 0 Å². The fourth-order valence-electron chi connectivity index (χ4n) is 3.81. The van der Waals surface area contributed by atoms with E-state index in [4.69, 9.17) is 21.1 Å². The number of benzene rings is 3. The summed E-state index contributed by atoms with van der Waals surface area (Å²) in [6.07, 6.45) is 0. The summed E-state index contributed by atoms with van der Waals surface area (Å²) >= 11 is 5.97. The first-order valence-electron chi connectivity index (χ1n) is 11.5. The first-order chi connectivity index (χ1) is 16.6. The Morgan fingerprint density at radius 2 is 1.79 bits per heavy atom. The Hall–Kier alpha value is -3.06. The number of nitrogens with zero attached hydrogens (tertiary/aromatic N) is 2. The van der Waals surface area contributed by atoms with Crippen LogP contribution in [0.2, 0.25) is 5.02 Å². The van der Waals surface area contributed by atoms with Gasteiger partial charge < -0.3 is 19.7 Å². The number of ether oxygens (including phenoxy) is 2. The lowest BCUT2D eigenvalue weighted by atomic mass is 10.2. The normalized spacial score (nSPS) is 13.9. The summed E-state index contributed by atoms with van der Waals surface area (Å²) in [4.78, 5) is 17.5. The largest absolute Gasteiger partial charge is 0.457 e. The van der Waals surface area contributed by atoms with Crippen LogP contribution in [-0.2, 0) is 11.3 Å². The van der Waals surface area contributed by atoms with Gasteiger partial charge in [-0.15, -0.1) is 0 Å². The maximum Gasteiger partial charge on any atom is 0.322 e. The molecule has 178 valence electrons. The van der Waals surface area contributed by atoms with E-state index in [1.165, 1.54) is 0 Å². The van der Waals surface area contributed by atoms with E-state index < -0.39 is 0 Å². The number of halogens is 1. The average molecular weight is 480 g/mol. The molecule has 0 radical (unpaired) electrons. The van der Waals surface area contributed by atoms with Crippen molar-refractivity contribution in [1.82, 2.24) is 9.80 Å². The molecule has 2 amide bonds. The lowest BCUT2D eigenvalue weighted by Gasteiger charge is -2.30. The Morgan fingerprint density at radius 1 is 1.03 bits per heavy atom. The van der Waals surface area contributed by atoms with E-state index >= 15 is 0 Å². The molecule has 1 fully saturated rings. The third-order valence-corrected chi connectivity index (χ3v) is 6.04. The van der Waals surface area contributed by atoms with Crippen LogP contribution in [0.5, 0.6) is 11.5 Å². The van der Waals surface area contributed by atoms with Crippen molar-refractivity contribution >= 4 is 23.3 Å². The number of hydrogen-bond donors (Lipinski definition) is 1. The van der Waals surface area contributed by atoms with E-state index in [9.17, 15) is 4.79 Å². The Kier molecular flexibility index (Phi) is 8.41. The molecule has 0 bridgehead atoms. The minimum atomic E-state index is -0.119. The molecule has 1 N–H and O–H groups in total. The van der Waals surface area contributed by atoms with E-state index in [2.05, 4.69) is 10.2 Å². The highest BCUT2D eigenvalue weighted by Gasteiger charge is 2.18. The summed E-state index contributed by atoms with van der Waals surface area (Å²) in [5, 5.41) is 3.74. The van der Waals surface area contributed by atoms with Gasteiger partial charge in [-0.1, -0.05) is 41.9 Å². The average Bonchev–Trinajstić information content (AvgIpc) is 2.85. The number of para-hydroxylation sites is 1. The molecule has 7 heteroatoms. The van der Waals surface area contributed by atoms with Gasteiger partial charge in [0.25, 0.3) is 0 Å². The lowest BCUT2D eigenvalue weighted by Crippen LogP contribution is -2.44. The van der Waals surface area contributed by atoms with Crippen LogP contribution in [0.15, 0.2) is 72.8 Å². The molecule has 0 saturated carbocycles. The number of nitrogens with one attached hydrogen (secondary N) is 1. The molecule has 34 heavy (non-hydrogen) atoms. The van der Waals surface area contributed by atoms with Gasteiger partial charge >= 0.3 is 6.03 Å². The van der Waals surface area contributed by atoms with Crippen molar-refractivity contribution in [1.29, 1.82) is 0 Å². The van der Waals surface area contributed by atoms with Gasteiger partial charge in [0.2, 0.25) is 0 Å². The maximum absolute atomic E-state index is 13.3. The second-order valence-corrected chi connectivity index (χ2v) is 8.76. The summed E-state index contributed by atoms with van der Waals surface area (Å²) in [5.41, 5.74) is 2.85. The van der Waals surface area contributed by atoms with Crippen LogP contribution in [0.4, 0.5) is 10.5 Å². The van der Waals surface area contributed by atoms with Crippen LogP contribution in [0.25, 0.3) is 0 Å². The predicted molar refractivity (Wildman–Crippen MR) is 136 cm³/mol. The number of amides is 2. The third kappa shape index (κ3) is 6.97. The fourth-order valence-corrected chi connectivity index (χ4v) is 3.94. The van der Waals surface area contributed by atoms with Gasteiger partial charge in [0.1, 0.15) is 11.5 Å². The highest BCUT2D eigenvalue weighted by Crippen LogP contribution is 2.24. The van der Waals surface area contributed by atoms with Crippen LogP contribution in [0.3, 0.4) is 0 Å². The molecule has 4 rings (SSSR count). The van der Waals surface area contributed by atoms with E-state index in [1.54, 1.807) is 12.1 Å². The zero-order valence-corrected chi connectivity index (χ0v) is 20.1. The SMILES string of the molecule is Cc1ccccc1NC(=O)N(CCN1CCOCC1)Cc1cccc(Oc2ccc(Cl)cc2)c1. The van der Waals surface area contributed by atoms with Gasteiger partial charge in [0, 0.05) is 43.4 Å². The molecule has 0 spiro atoms. The van der Waals surface area contributed by atoms with Crippen LogP contribution < -0.4 is 10.1 Å². The van der Waals surface area contributed by atoms with Crippen LogP contribution in [0, 0.1) is 6.92 Å². The quantitative estimate of drug-likeness (QED) is 0.443. The lowest BCUT2D eigenvalue weighted by molar-refractivity contribution is 0.0349. The summed E-state index contributed by atoms with van der Waals surface area (Å²) in [6.45, 7) is 7.12. The number of urea groups is 1. The number of carbonyl (C=O) groups is 1. The molecule has 0 aliphatic carbocycles. The van der Waals surface area contributed by atoms with Crippen molar-refractivity contribution in [2.75, 3.05) is 44.7 Å². The van der Waals surface area contributed by atoms with Gasteiger partial charge in [0.15, 0.2) is 0 Å². The number of rotatable bonds is 8. The van der Waals surface area contributed by atoms with Crippen LogP contribution >= 0.6 is 11.6 Å². The monoisotopic (exact) mass is 479 g/mol. The number of hydrogen-bond acceptors (Lipinski definition) is 4. The number of carbonyl (C=O) groups excluding carboxylic acids is 1. The van der Waals surface area contributed by atoms with Crippen molar-refractivity contribution in [2.45, 2.75) is 13.5 Å². The number of morpholine rings is 1. The van der Waals surface area contributed by atoms with Crippen molar-refractivity contribution in [3.8, 4) is 11.5 Å². The molecule has 1 aliphatic heterocycles. The van der Waals surface area contributed by atoms with Gasteiger partial charge in [-0.25, -0.2) is 4.79 Å². The summed E-state index contributed by atoms with van der Waals surface area (Å²) in [7, 11) is 0. The topological polar surface area (TPSA) is 54.0 Å². The molecule has 1 heterocycles. The minimum absolute atomic E-state index is 0.119. The highest BCUT2D eigenvalue weighted by atomic mass is 35.5. The van der Waals surface area contributed by atoms with Crippen LogP contribution in [0.1, 0.15) is 11.1 Å². The molecule has 0 atom stereocenters. The first kappa shape index (κ1) is 24.1. The molecule has 1 aliphatic rings. The highest BCUT2D eigenvalue weighted by molar-refractivity contribution is 6.30. The molecular formula is C27H30ClN3O3. The fraction of sp³-hybridized carbons (Fsp3) is 0.296. The zero-order chi connectivity index (χ0) is 23.8. The summed E-state index contributed by atoms with van der Waals surface area (Å²) < 4.78 is 11.4. The second kappa shape index (κ2) is 11.9. The van der Waals surface area contributed by atoms with E-state index in [1.807, 2.05) is 72.5 Å². The molecular weight excluding hydrogens is 450 g/mol. The molecule has 6 nitrogen and oxygen atoms in total. The maximum atomic E-state index is 13.3. The molecule has 3 aromatic rings. The van der Waals surface area contributed by atoms with E-state index in [0.717, 1.165) is 49.7 Å². The second-order valence-electron chi connectivity index (χ2n) is 8.32. The molecule has 3 aromatic carbocycles. The molecule has 0 aromatic heterocycles. The first-order valence-corrected chi connectivity index (χ1v) is 11.9. The van der Waals surface area contributed by atoms with E-state index in [0.29, 0.717) is 29.6 Å². The van der Waals surface area contributed by atoms with Crippen LogP contribution in [-0.4, -0.2) is 55.2 Å². The summed E-state index contributed by atoms with van der Waals surface area (Å²) in [6, 6.07) is 22.8. The van der Waals surface area contributed by atoms with E-state index in [-0.39, 0.29) is 6.03 Å². The zero-order valence-electron chi connectivity index (χ0n) is 19.4. The van der Waals surface area contributed by atoms with Gasteiger partial charge in [-0.05, 0) is 60.5 Å². The minimum Gasteiger partial charge on any atom is -0.457 e. The Bertz CT molecular complexity index is 1080. The predicted octanol–water partition coefficient (Wildman–Crippen LogP) is 5.81. The Morgan fingerprint density at radius 3 is 2.56 bits per heavy atom.